The van der Waals surface area contributed by atoms with E-state index in [1.807, 2.05) is 0 Å². The van der Waals surface area contributed by atoms with Gasteiger partial charge in [-0.25, -0.2) is 0 Å². The molecule has 1 aromatic heterocycles. The van der Waals surface area contributed by atoms with Crippen LogP contribution in [0, 0.1) is 0 Å². The van der Waals surface area contributed by atoms with E-state index in [0.29, 0.717) is 34.6 Å². The third-order valence-corrected chi connectivity index (χ3v) is 3.16. The van der Waals surface area contributed by atoms with Crippen molar-refractivity contribution in [1.29, 1.82) is 0 Å². The fourth-order valence-electron chi connectivity index (χ4n) is 1.44. The minimum atomic E-state index is -0.384. The quantitative estimate of drug-likeness (QED) is 0.936. The van der Waals surface area contributed by atoms with Crippen molar-refractivity contribution in [2.75, 3.05) is 0 Å². The van der Waals surface area contributed by atoms with Crippen molar-refractivity contribution in [3.05, 3.63) is 34.1 Å². The Balaban J connectivity index is 2.16. The molecule has 0 radical (unpaired) electrons. The second-order valence-electron chi connectivity index (χ2n) is 4.03. The number of nitrogens with zero attached hydrogens (tertiary/aromatic N) is 2. The average molecular weight is 287 g/mol. The van der Waals surface area contributed by atoms with Gasteiger partial charge in [0.15, 0.2) is 0 Å². The average Bonchev–Trinajstić information content (AvgIpc) is 2.79. The van der Waals surface area contributed by atoms with E-state index < -0.39 is 0 Å². The van der Waals surface area contributed by atoms with Crippen LogP contribution in [0.4, 0.5) is 0 Å². The summed E-state index contributed by atoms with van der Waals surface area (Å²) >= 11 is 11.8. The van der Waals surface area contributed by atoms with E-state index in [9.17, 15) is 5.11 Å². The SMILES string of the molecule is CC(O)CCc1nc(-c2ccc(Cl)c(Cl)c2)no1. The van der Waals surface area contributed by atoms with Crippen LogP contribution in [0.25, 0.3) is 11.4 Å². The lowest BCUT2D eigenvalue weighted by Crippen LogP contribution is -2.01. The van der Waals surface area contributed by atoms with Gasteiger partial charge in [0.2, 0.25) is 11.7 Å². The number of benzene rings is 1. The molecule has 0 saturated heterocycles. The van der Waals surface area contributed by atoms with Crippen molar-refractivity contribution >= 4 is 23.2 Å². The van der Waals surface area contributed by atoms with Crippen molar-refractivity contribution < 1.29 is 9.63 Å². The Morgan fingerprint density at radius 2 is 2.11 bits per heavy atom. The first-order valence-electron chi connectivity index (χ1n) is 5.52. The molecule has 0 fully saturated rings. The molecule has 1 unspecified atom stereocenters. The Morgan fingerprint density at radius 3 is 2.78 bits per heavy atom. The van der Waals surface area contributed by atoms with E-state index in [1.54, 1.807) is 25.1 Å². The summed E-state index contributed by atoms with van der Waals surface area (Å²) in [6.07, 6.45) is 0.750. The van der Waals surface area contributed by atoms with Crippen LogP contribution in [0.2, 0.25) is 10.0 Å². The zero-order valence-corrected chi connectivity index (χ0v) is 11.2. The molecule has 4 nitrogen and oxygen atoms in total. The molecule has 96 valence electrons. The number of hydrogen-bond acceptors (Lipinski definition) is 4. The molecule has 0 aliphatic heterocycles. The van der Waals surface area contributed by atoms with Gasteiger partial charge in [-0.1, -0.05) is 28.4 Å². The van der Waals surface area contributed by atoms with Crippen molar-refractivity contribution in [3.63, 3.8) is 0 Å². The third kappa shape index (κ3) is 3.22. The lowest BCUT2D eigenvalue weighted by atomic mass is 10.2. The Hall–Kier alpha value is -1.10. The molecular weight excluding hydrogens is 275 g/mol. The van der Waals surface area contributed by atoms with Crippen LogP contribution in [0.3, 0.4) is 0 Å². The predicted molar refractivity (Wildman–Crippen MR) is 69.8 cm³/mol. The molecule has 0 aliphatic rings. The van der Waals surface area contributed by atoms with E-state index in [1.165, 1.54) is 0 Å². The molecule has 0 spiro atoms. The van der Waals surface area contributed by atoms with Crippen LogP contribution in [-0.2, 0) is 6.42 Å². The van der Waals surface area contributed by atoms with E-state index in [0.717, 1.165) is 5.56 Å². The highest BCUT2D eigenvalue weighted by atomic mass is 35.5. The maximum absolute atomic E-state index is 9.18. The summed E-state index contributed by atoms with van der Waals surface area (Å²) in [6, 6.07) is 5.15. The summed E-state index contributed by atoms with van der Waals surface area (Å²) in [5.41, 5.74) is 0.747. The van der Waals surface area contributed by atoms with E-state index in [4.69, 9.17) is 27.7 Å². The molecule has 2 aromatic rings. The molecule has 1 N–H and O–H groups in total. The summed E-state index contributed by atoms with van der Waals surface area (Å²) in [4.78, 5) is 4.23. The van der Waals surface area contributed by atoms with Crippen LogP contribution in [-0.4, -0.2) is 21.4 Å². The van der Waals surface area contributed by atoms with Gasteiger partial charge in [-0.2, -0.15) is 4.98 Å². The minimum Gasteiger partial charge on any atom is -0.393 e. The van der Waals surface area contributed by atoms with Crippen molar-refractivity contribution in [2.45, 2.75) is 25.9 Å². The van der Waals surface area contributed by atoms with Crippen molar-refractivity contribution in [3.8, 4) is 11.4 Å². The normalized spacial score (nSPS) is 12.7. The number of aliphatic hydroxyl groups excluding tert-OH is 1. The smallest absolute Gasteiger partial charge is 0.227 e. The van der Waals surface area contributed by atoms with Crippen molar-refractivity contribution in [2.24, 2.45) is 0 Å². The van der Waals surface area contributed by atoms with E-state index >= 15 is 0 Å². The van der Waals surface area contributed by atoms with E-state index in [2.05, 4.69) is 10.1 Å². The lowest BCUT2D eigenvalue weighted by molar-refractivity contribution is 0.180. The maximum atomic E-state index is 9.18. The van der Waals surface area contributed by atoms with Gasteiger partial charge < -0.3 is 9.63 Å². The Morgan fingerprint density at radius 1 is 1.33 bits per heavy atom. The largest absolute Gasteiger partial charge is 0.393 e. The van der Waals surface area contributed by atoms with Crippen molar-refractivity contribution in [1.82, 2.24) is 10.1 Å². The van der Waals surface area contributed by atoms with E-state index in [-0.39, 0.29) is 6.10 Å². The van der Waals surface area contributed by atoms with Crippen LogP contribution < -0.4 is 0 Å². The third-order valence-electron chi connectivity index (χ3n) is 2.42. The molecule has 0 amide bonds. The van der Waals surface area contributed by atoms with Crippen LogP contribution in [0.1, 0.15) is 19.2 Å². The zero-order valence-electron chi connectivity index (χ0n) is 9.73. The highest BCUT2D eigenvalue weighted by Gasteiger charge is 2.10. The monoisotopic (exact) mass is 286 g/mol. The molecule has 1 heterocycles. The topological polar surface area (TPSA) is 59.2 Å². The number of hydrogen-bond donors (Lipinski definition) is 1. The lowest BCUT2D eigenvalue weighted by Gasteiger charge is -1.98. The van der Waals surface area contributed by atoms with Gasteiger partial charge in [-0.15, -0.1) is 0 Å². The fourth-order valence-corrected chi connectivity index (χ4v) is 1.74. The first-order valence-corrected chi connectivity index (χ1v) is 6.28. The van der Waals surface area contributed by atoms with Gasteiger partial charge in [-0.05, 0) is 31.5 Å². The number of aryl methyl sites for hydroxylation is 1. The second-order valence-corrected chi connectivity index (χ2v) is 4.84. The number of rotatable bonds is 4. The van der Waals surface area contributed by atoms with Crippen LogP contribution in [0.5, 0.6) is 0 Å². The molecule has 1 aromatic carbocycles. The molecule has 18 heavy (non-hydrogen) atoms. The molecule has 6 heteroatoms. The summed E-state index contributed by atoms with van der Waals surface area (Å²) in [6.45, 7) is 1.72. The second kappa shape index (κ2) is 5.69. The van der Waals surface area contributed by atoms with Gasteiger partial charge in [0, 0.05) is 12.0 Å². The summed E-state index contributed by atoms with van der Waals surface area (Å²) in [5, 5.41) is 14.0. The minimum absolute atomic E-state index is 0.384. The molecule has 0 bridgehead atoms. The number of aliphatic hydroxyl groups is 1. The first-order chi connectivity index (χ1) is 8.56. The summed E-state index contributed by atoms with van der Waals surface area (Å²) in [5.74, 6) is 0.964. The van der Waals surface area contributed by atoms with Gasteiger partial charge >= 0.3 is 0 Å². The molecular formula is C12H12Cl2N2O2. The summed E-state index contributed by atoms with van der Waals surface area (Å²) < 4.78 is 5.09. The first kappa shape index (κ1) is 13.3. The zero-order chi connectivity index (χ0) is 13.1. The Kier molecular flexibility index (Phi) is 4.22. The molecule has 1 atom stereocenters. The number of aromatic nitrogens is 2. The standard InChI is InChI=1S/C12H12Cl2N2O2/c1-7(17)2-5-11-15-12(16-18-11)8-3-4-9(13)10(14)6-8/h3-4,6-7,17H,2,5H2,1H3. The fraction of sp³-hybridized carbons (Fsp3) is 0.333. The van der Waals surface area contributed by atoms with Gasteiger partial charge in [0.05, 0.1) is 16.1 Å². The Bertz CT molecular complexity index is 541. The summed E-state index contributed by atoms with van der Waals surface area (Å²) in [7, 11) is 0. The molecule has 2 rings (SSSR count). The van der Waals surface area contributed by atoms with Gasteiger partial charge in [-0.3, -0.25) is 0 Å². The number of halogens is 2. The highest BCUT2D eigenvalue weighted by Crippen LogP contribution is 2.27. The maximum Gasteiger partial charge on any atom is 0.227 e. The predicted octanol–water partition coefficient (Wildman–Crippen LogP) is 3.36. The highest BCUT2D eigenvalue weighted by molar-refractivity contribution is 6.42. The van der Waals surface area contributed by atoms with Crippen LogP contribution in [0.15, 0.2) is 22.7 Å². The van der Waals surface area contributed by atoms with Gasteiger partial charge in [0.25, 0.3) is 0 Å². The van der Waals surface area contributed by atoms with Crippen LogP contribution >= 0.6 is 23.2 Å². The molecule has 0 aliphatic carbocycles. The Labute approximate surface area is 115 Å². The molecule has 0 saturated carbocycles. The van der Waals surface area contributed by atoms with Gasteiger partial charge in [0.1, 0.15) is 0 Å².